The van der Waals surface area contributed by atoms with Gasteiger partial charge >= 0.3 is 0 Å². The van der Waals surface area contributed by atoms with E-state index in [-0.39, 0.29) is 0 Å². The fourth-order valence-electron chi connectivity index (χ4n) is 1.84. The lowest BCUT2D eigenvalue weighted by Crippen LogP contribution is -2.37. The summed E-state index contributed by atoms with van der Waals surface area (Å²) in [5.41, 5.74) is 0.652. The summed E-state index contributed by atoms with van der Waals surface area (Å²) in [6, 6.07) is 0. The first kappa shape index (κ1) is 11.4. The summed E-state index contributed by atoms with van der Waals surface area (Å²) in [4.78, 5) is 0. The molecule has 1 fully saturated rings. The van der Waals surface area contributed by atoms with Crippen LogP contribution in [-0.2, 0) is 0 Å². The van der Waals surface area contributed by atoms with Gasteiger partial charge in [0.25, 0.3) is 0 Å². The van der Waals surface area contributed by atoms with Gasteiger partial charge in [-0.2, -0.15) is 11.8 Å². The van der Waals surface area contributed by atoms with Crippen molar-refractivity contribution in [2.45, 2.75) is 39.0 Å². The van der Waals surface area contributed by atoms with Gasteiger partial charge in [-0.3, -0.25) is 0 Å². The van der Waals surface area contributed by atoms with Crippen molar-refractivity contribution in [2.24, 2.45) is 5.41 Å². The molecule has 1 N–H and O–H groups in total. The first-order valence-electron chi connectivity index (χ1n) is 5.46. The van der Waals surface area contributed by atoms with Crippen LogP contribution < -0.4 is 5.32 Å². The second-order valence-corrected chi connectivity index (χ2v) is 5.53. The Morgan fingerprint density at radius 1 is 1.31 bits per heavy atom. The summed E-state index contributed by atoms with van der Waals surface area (Å²) in [6.07, 6.45) is 9.21. The number of nitrogens with one attached hydrogen (secondary N) is 1. The summed E-state index contributed by atoms with van der Waals surface area (Å²) >= 11 is 1.95. The molecular formula is C11H23NS. The fraction of sp³-hybridized carbons (Fsp3) is 1.00. The van der Waals surface area contributed by atoms with Crippen molar-refractivity contribution in [2.75, 3.05) is 25.1 Å². The molecule has 2 heteroatoms. The minimum Gasteiger partial charge on any atom is -0.316 e. The Hall–Kier alpha value is 0.310. The molecule has 0 aliphatic heterocycles. The number of hydrogen-bond donors (Lipinski definition) is 1. The number of rotatable bonds is 7. The molecule has 0 radical (unpaired) electrons. The van der Waals surface area contributed by atoms with Gasteiger partial charge in [-0.15, -0.1) is 0 Å². The van der Waals surface area contributed by atoms with Crippen LogP contribution in [0.25, 0.3) is 0 Å². The van der Waals surface area contributed by atoms with Crippen molar-refractivity contribution in [3.8, 4) is 0 Å². The Morgan fingerprint density at radius 2 is 2.08 bits per heavy atom. The molecular weight excluding hydrogens is 178 g/mol. The first-order chi connectivity index (χ1) is 6.27. The molecule has 0 saturated heterocycles. The van der Waals surface area contributed by atoms with Gasteiger partial charge in [0.2, 0.25) is 0 Å². The van der Waals surface area contributed by atoms with Crippen LogP contribution in [0.1, 0.15) is 39.0 Å². The zero-order valence-electron chi connectivity index (χ0n) is 9.07. The van der Waals surface area contributed by atoms with Crippen molar-refractivity contribution < 1.29 is 0 Å². The van der Waals surface area contributed by atoms with Crippen molar-refractivity contribution in [1.29, 1.82) is 0 Å². The van der Waals surface area contributed by atoms with Crippen LogP contribution in [0.3, 0.4) is 0 Å². The van der Waals surface area contributed by atoms with E-state index in [9.17, 15) is 0 Å². The number of unbranched alkanes of at least 4 members (excludes halogenated alkanes) is 1. The normalized spacial score (nSPS) is 19.8. The molecule has 1 saturated carbocycles. The molecule has 0 aromatic rings. The van der Waals surface area contributed by atoms with Gasteiger partial charge in [0, 0.05) is 6.54 Å². The second-order valence-electron chi connectivity index (χ2n) is 4.54. The van der Waals surface area contributed by atoms with E-state index >= 15 is 0 Å². The lowest BCUT2D eigenvalue weighted by atomic mass is 9.70. The van der Waals surface area contributed by atoms with Crippen molar-refractivity contribution in [3.05, 3.63) is 0 Å². The Kier molecular flexibility index (Phi) is 5.18. The quantitative estimate of drug-likeness (QED) is 0.636. The van der Waals surface area contributed by atoms with Crippen LogP contribution >= 0.6 is 11.8 Å². The Bertz CT molecular complexity index is 132. The van der Waals surface area contributed by atoms with E-state index in [0.29, 0.717) is 5.41 Å². The molecule has 1 aliphatic carbocycles. The van der Waals surface area contributed by atoms with Gasteiger partial charge in [-0.1, -0.05) is 13.3 Å². The van der Waals surface area contributed by atoms with E-state index in [1.54, 1.807) is 0 Å². The van der Waals surface area contributed by atoms with E-state index in [1.165, 1.54) is 50.9 Å². The van der Waals surface area contributed by atoms with Crippen molar-refractivity contribution in [1.82, 2.24) is 5.32 Å². The van der Waals surface area contributed by atoms with Crippen LogP contribution in [0.2, 0.25) is 0 Å². The zero-order chi connectivity index (χ0) is 9.57. The molecule has 0 bridgehead atoms. The molecule has 0 aromatic carbocycles. The monoisotopic (exact) mass is 201 g/mol. The van der Waals surface area contributed by atoms with Crippen LogP contribution in [0.15, 0.2) is 0 Å². The van der Waals surface area contributed by atoms with Crippen LogP contribution in [0.4, 0.5) is 0 Å². The van der Waals surface area contributed by atoms with E-state index in [0.717, 1.165) is 0 Å². The predicted octanol–water partition coefficient (Wildman–Crippen LogP) is 2.91. The highest BCUT2D eigenvalue weighted by molar-refractivity contribution is 7.98. The van der Waals surface area contributed by atoms with Crippen molar-refractivity contribution in [3.63, 3.8) is 0 Å². The molecule has 0 aromatic heterocycles. The summed E-state index contributed by atoms with van der Waals surface area (Å²) in [6.45, 7) is 4.87. The van der Waals surface area contributed by atoms with E-state index in [1.807, 2.05) is 11.8 Å². The maximum Gasteiger partial charge on any atom is 0.000516 e. The Morgan fingerprint density at radius 3 is 2.62 bits per heavy atom. The van der Waals surface area contributed by atoms with Gasteiger partial charge in [0.15, 0.2) is 0 Å². The summed E-state index contributed by atoms with van der Waals surface area (Å²) < 4.78 is 0. The van der Waals surface area contributed by atoms with Crippen LogP contribution in [0.5, 0.6) is 0 Å². The maximum atomic E-state index is 3.58. The van der Waals surface area contributed by atoms with E-state index in [4.69, 9.17) is 0 Å². The highest BCUT2D eigenvalue weighted by atomic mass is 32.2. The summed E-state index contributed by atoms with van der Waals surface area (Å²) in [5, 5.41) is 3.58. The second kappa shape index (κ2) is 5.92. The fourth-order valence-corrected chi connectivity index (χ4v) is 2.34. The average molecular weight is 201 g/mol. The average Bonchev–Trinajstić information content (AvgIpc) is 2.08. The van der Waals surface area contributed by atoms with Gasteiger partial charge in [-0.25, -0.2) is 0 Å². The summed E-state index contributed by atoms with van der Waals surface area (Å²) in [7, 11) is 0. The molecule has 1 nitrogen and oxygen atoms in total. The van der Waals surface area contributed by atoms with Gasteiger partial charge < -0.3 is 5.32 Å². The topological polar surface area (TPSA) is 12.0 Å². The molecule has 1 aliphatic rings. The molecule has 78 valence electrons. The highest BCUT2D eigenvalue weighted by Crippen LogP contribution is 2.39. The smallest absolute Gasteiger partial charge is 0.000516 e. The van der Waals surface area contributed by atoms with Gasteiger partial charge in [0.05, 0.1) is 0 Å². The molecule has 0 heterocycles. The highest BCUT2D eigenvalue weighted by Gasteiger charge is 2.30. The Balaban J connectivity index is 1.83. The van der Waals surface area contributed by atoms with Crippen LogP contribution in [0, 0.1) is 5.41 Å². The molecule has 13 heavy (non-hydrogen) atoms. The molecule has 0 atom stereocenters. The largest absolute Gasteiger partial charge is 0.316 e. The maximum absolute atomic E-state index is 3.58. The van der Waals surface area contributed by atoms with Gasteiger partial charge in [-0.05, 0) is 49.7 Å². The van der Waals surface area contributed by atoms with Gasteiger partial charge in [0.1, 0.15) is 0 Å². The lowest BCUT2D eigenvalue weighted by Gasteiger charge is -2.38. The lowest BCUT2D eigenvalue weighted by molar-refractivity contribution is 0.157. The SMILES string of the molecule is CSCCCCNCC1(C)CCC1. The number of thioether (sulfide) groups is 1. The van der Waals surface area contributed by atoms with E-state index in [2.05, 4.69) is 18.5 Å². The molecule has 1 rings (SSSR count). The third-order valence-corrected chi connectivity index (χ3v) is 3.76. The zero-order valence-corrected chi connectivity index (χ0v) is 9.88. The summed E-state index contributed by atoms with van der Waals surface area (Å²) in [5.74, 6) is 1.32. The van der Waals surface area contributed by atoms with Crippen LogP contribution in [-0.4, -0.2) is 25.1 Å². The third kappa shape index (κ3) is 4.37. The first-order valence-corrected chi connectivity index (χ1v) is 6.86. The predicted molar refractivity (Wildman–Crippen MR) is 62.4 cm³/mol. The molecule has 0 unspecified atom stereocenters. The minimum atomic E-state index is 0.652. The number of hydrogen-bond acceptors (Lipinski definition) is 2. The molecule has 0 spiro atoms. The Labute approximate surface area is 87.1 Å². The minimum absolute atomic E-state index is 0.652. The molecule has 0 amide bonds. The van der Waals surface area contributed by atoms with Crippen molar-refractivity contribution >= 4 is 11.8 Å². The standard InChI is InChI=1S/C11H23NS/c1-11(6-5-7-11)10-12-8-3-4-9-13-2/h12H,3-10H2,1-2H3. The van der Waals surface area contributed by atoms with E-state index < -0.39 is 0 Å². The third-order valence-electron chi connectivity index (χ3n) is 3.06.